The monoisotopic (exact) mass is 170 g/mol. The second kappa shape index (κ2) is 3.77. The zero-order chi connectivity index (χ0) is 8.97. The number of pyridine rings is 1. The number of hydrogen-bond donors (Lipinski definition) is 1. The molecule has 1 N–H and O–H groups in total. The molecule has 12 heavy (non-hydrogen) atoms. The normalized spacial score (nSPS) is 9.50. The lowest BCUT2D eigenvalue weighted by Crippen LogP contribution is -2.23. The number of hydrogen-bond acceptors (Lipinski definition) is 3. The molecule has 0 spiro atoms. The summed E-state index contributed by atoms with van der Waals surface area (Å²) in [6.45, 7) is 0. The van der Waals surface area contributed by atoms with Crippen molar-refractivity contribution in [3.8, 4) is 0 Å². The number of nitrogens with zero attached hydrogens (tertiary/aromatic N) is 1. The fourth-order valence-corrected chi connectivity index (χ4v) is 0.680. The Balaban J connectivity index is 2.81. The molecule has 1 aromatic heterocycles. The van der Waals surface area contributed by atoms with Gasteiger partial charge in [0.05, 0.1) is 7.11 Å². The van der Waals surface area contributed by atoms with E-state index in [0.717, 1.165) is 6.07 Å². The van der Waals surface area contributed by atoms with Crippen molar-refractivity contribution >= 4 is 5.91 Å². The summed E-state index contributed by atoms with van der Waals surface area (Å²) < 4.78 is 12.4. The van der Waals surface area contributed by atoms with Crippen LogP contribution in [0.15, 0.2) is 18.2 Å². The first-order chi connectivity index (χ1) is 5.74. The molecule has 0 fully saturated rings. The van der Waals surface area contributed by atoms with E-state index in [9.17, 15) is 9.18 Å². The van der Waals surface area contributed by atoms with Crippen molar-refractivity contribution in [2.75, 3.05) is 7.11 Å². The number of aromatic nitrogens is 1. The van der Waals surface area contributed by atoms with Gasteiger partial charge >= 0.3 is 0 Å². The van der Waals surface area contributed by atoms with Crippen LogP contribution in [0.1, 0.15) is 10.5 Å². The largest absolute Gasteiger partial charge is 0.293 e. The highest BCUT2D eigenvalue weighted by atomic mass is 19.1. The van der Waals surface area contributed by atoms with E-state index in [1.165, 1.54) is 19.2 Å². The van der Waals surface area contributed by atoms with Gasteiger partial charge in [0, 0.05) is 0 Å². The minimum absolute atomic E-state index is 0.0168. The summed E-state index contributed by atoms with van der Waals surface area (Å²) in [6, 6.07) is 3.94. The van der Waals surface area contributed by atoms with Crippen molar-refractivity contribution < 1.29 is 14.0 Å². The van der Waals surface area contributed by atoms with Gasteiger partial charge in [0.2, 0.25) is 5.95 Å². The maximum absolute atomic E-state index is 12.4. The van der Waals surface area contributed by atoms with Gasteiger partial charge in [-0.05, 0) is 12.1 Å². The number of rotatable bonds is 2. The molecular weight excluding hydrogens is 163 g/mol. The maximum Gasteiger partial charge on any atom is 0.293 e. The molecule has 0 bridgehead atoms. The van der Waals surface area contributed by atoms with Crippen molar-refractivity contribution in [1.82, 2.24) is 10.5 Å². The lowest BCUT2D eigenvalue weighted by Gasteiger charge is -1.99. The lowest BCUT2D eigenvalue weighted by molar-refractivity contribution is 0.0531. The molecule has 0 aliphatic rings. The average Bonchev–Trinajstić information content (AvgIpc) is 2.05. The van der Waals surface area contributed by atoms with Crippen LogP contribution >= 0.6 is 0 Å². The van der Waals surface area contributed by atoms with Gasteiger partial charge in [0.1, 0.15) is 5.69 Å². The van der Waals surface area contributed by atoms with Gasteiger partial charge in [-0.2, -0.15) is 4.39 Å². The molecule has 1 amide bonds. The maximum atomic E-state index is 12.4. The molecule has 0 radical (unpaired) electrons. The summed E-state index contributed by atoms with van der Waals surface area (Å²) in [5, 5.41) is 0. The molecule has 5 heteroatoms. The number of halogens is 1. The third-order valence-electron chi connectivity index (χ3n) is 1.14. The van der Waals surface area contributed by atoms with E-state index in [2.05, 4.69) is 9.82 Å². The van der Waals surface area contributed by atoms with Crippen molar-refractivity contribution in [2.45, 2.75) is 0 Å². The Morgan fingerprint density at radius 2 is 2.42 bits per heavy atom. The summed E-state index contributed by atoms with van der Waals surface area (Å²) in [4.78, 5) is 18.6. The molecule has 1 heterocycles. The van der Waals surface area contributed by atoms with Gasteiger partial charge in [0.25, 0.3) is 5.91 Å². The van der Waals surface area contributed by atoms with Crippen LogP contribution < -0.4 is 5.48 Å². The first kappa shape index (κ1) is 8.61. The lowest BCUT2D eigenvalue weighted by atomic mass is 10.3. The highest BCUT2D eigenvalue weighted by Crippen LogP contribution is 1.96. The van der Waals surface area contributed by atoms with Crippen molar-refractivity contribution in [1.29, 1.82) is 0 Å². The fourth-order valence-electron chi connectivity index (χ4n) is 0.680. The van der Waals surface area contributed by atoms with Crippen LogP contribution in [0.2, 0.25) is 0 Å². The van der Waals surface area contributed by atoms with E-state index in [4.69, 9.17) is 0 Å². The molecule has 1 rings (SSSR count). The Morgan fingerprint density at radius 1 is 1.67 bits per heavy atom. The molecule has 1 aromatic rings. The first-order valence-corrected chi connectivity index (χ1v) is 3.20. The van der Waals surface area contributed by atoms with Crippen LogP contribution in [0.4, 0.5) is 4.39 Å². The number of nitrogens with one attached hydrogen (secondary N) is 1. The molecule has 0 unspecified atom stereocenters. The number of hydroxylamine groups is 1. The topological polar surface area (TPSA) is 51.2 Å². The van der Waals surface area contributed by atoms with E-state index >= 15 is 0 Å². The van der Waals surface area contributed by atoms with Gasteiger partial charge in [-0.1, -0.05) is 6.07 Å². The summed E-state index contributed by atoms with van der Waals surface area (Å²) >= 11 is 0. The molecule has 0 saturated heterocycles. The van der Waals surface area contributed by atoms with Crippen LogP contribution in [0.25, 0.3) is 0 Å². The van der Waals surface area contributed by atoms with Gasteiger partial charge < -0.3 is 0 Å². The van der Waals surface area contributed by atoms with E-state index in [1.807, 2.05) is 5.48 Å². The van der Waals surface area contributed by atoms with Crippen LogP contribution in [-0.4, -0.2) is 18.0 Å². The van der Waals surface area contributed by atoms with E-state index in [-0.39, 0.29) is 5.69 Å². The molecule has 0 aromatic carbocycles. The zero-order valence-corrected chi connectivity index (χ0v) is 6.37. The average molecular weight is 170 g/mol. The predicted molar refractivity (Wildman–Crippen MR) is 38.7 cm³/mol. The van der Waals surface area contributed by atoms with E-state index in [0.29, 0.717) is 0 Å². The molecule has 64 valence electrons. The molecule has 0 aliphatic heterocycles. The van der Waals surface area contributed by atoms with E-state index in [1.54, 1.807) is 0 Å². The van der Waals surface area contributed by atoms with Crippen LogP contribution in [0.3, 0.4) is 0 Å². The standard InChI is InChI=1S/C7H7FN2O2/c1-12-10-7(11)5-3-2-4-6(8)9-5/h2-4H,1H3,(H,10,11). The first-order valence-electron chi connectivity index (χ1n) is 3.20. The predicted octanol–water partition coefficient (Wildman–Crippen LogP) is 0.512. The molecule has 0 atom stereocenters. The molecule has 0 saturated carbocycles. The Kier molecular flexibility index (Phi) is 2.71. The third kappa shape index (κ3) is 2.00. The summed E-state index contributed by atoms with van der Waals surface area (Å²) in [5.74, 6) is -1.27. The summed E-state index contributed by atoms with van der Waals surface area (Å²) in [5.41, 5.74) is 2.00. The molecular formula is C7H7FN2O2. The Bertz CT molecular complexity index is 290. The Labute approximate surface area is 68.3 Å². The summed E-state index contributed by atoms with van der Waals surface area (Å²) in [7, 11) is 1.29. The van der Waals surface area contributed by atoms with Crippen molar-refractivity contribution in [2.24, 2.45) is 0 Å². The smallest absolute Gasteiger partial charge is 0.277 e. The minimum atomic E-state index is -0.696. The second-order valence-electron chi connectivity index (χ2n) is 1.98. The van der Waals surface area contributed by atoms with E-state index < -0.39 is 11.9 Å². The molecule has 0 aliphatic carbocycles. The zero-order valence-electron chi connectivity index (χ0n) is 6.37. The Hall–Kier alpha value is -1.49. The Morgan fingerprint density at radius 3 is 3.00 bits per heavy atom. The molecule has 4 nitrogen and oxygen atoms in total. The minimum Gasteiger partial charge on any atom is -0.277 e. The number of carbonyl (C=O) groups excluding carboxylic acids is 1. The number of amides is 1. The quantitative estimate of drug-likeness (QED) is 0.519. The highest BCUT2D eigenvalue weighted by Gasteiger charge is 2.06. The second-order valence-corrected chi connectivity index (χ2v) is 1.98. The van der Waals surface area contributed by atoms with Gasteiger partial charge in [-0.25, -0.2) is 10.5 Å². The van der Waals surface area contributed by atoms with Crippen molar-refractivity contribution in [3.63, 3.8) is 0 Å². The summed E-state index contributed by atoms with van der Waals surface area (Å²) in [6.07, 6.45) is 0. The van der Waals surface area contributed by atoms with Gasteiger partial charge in [-0.15, -0.1) is 0 Å². The highest BCUT2D eigenvalue weighted by molar-refractivity contribution is 5.91. The van der Waals surface area contributed by atoms with Gasteiger partial charge in [-0.3, -0.25) is 9.63 Å². The van der Waals surface area contributed by atoms with Crippen LogP contribution in [0, 0.1) is 5.95 Å². The van der Waals surface area contributed by atoms with Crippen molar-refractivity contribution in [3.05, 3.63) is 29.8 Å². The third-order valence-corrected chi connectivity index (χ3v) is 1.14. The number of carbonyl (C=O) groups is 1. The SMILES string of the molecule is CONC(=O)c1cccc(F)n1. The fraction of sp³-hybridized carbons (Fsp3) is 0.143. The van der Waals surface area contributed by atoms with Crippen LogP contribution in [0.5, 0.6) is 0 Å². The van der Waals surface area contributed by atoms with Gasteiger partial charge in [0.15, 0.2) is 0 Å². The van der Waals surface area contributed by atoms with Crippen LogP contribution in [-0.2, 0) is 4.84 Å².